The molecule has 0 bridgehead atoms. The van der Waals surface area contributed by atoms with Crippen LogP contribution < -0.4 is 10.6 Å². The van der Waals surface area contributed by atoms with Gasteiger partial charge in [-0.15, -0.1) is 0 Å². The first-order valence-corrected chi connectivity index (χ1v) is 6.19. The molecule has 0 aliphatic carbocycles. The number of carbonyl (C=O) groups excluding carboxylic acids is 1. The molecular weight excluding hydrogens is 264 g/mol. The van der Waals surface area contributed by atoms with Crippen molar-refractivity contribution in [2.45, 2.75) is 26.3 Å². The summed E-state index contributed by atoms with van der Waals surface area (Å²) in [5.74, 6) is -1.79. The Balaban J connectivity index is 2.65. The molecule has 108 valence electrons. The lowest BCUT2D eigenvalue weighted by Gasteiger charge is -2.27. The summed E-state index contributed by atoms with van der Waals surface area (Å²) in [6.07, 6.45) is 0. The van der Waals surface area contributed by atoms with Gasteiger partial charge in [-0.2, -0.15) is 5.26 Å². The number of nitrogens with zero attached hydrogens (tertiary/aromatic N) is 1. The van der Waals surface area contributed by atoms with Crippen molar-refractivity contribution in [1.29, 1.82) is 5.26 Å². The molecular formula is C14H17F2N3O. The maximum atomic E-state index is 13.3. The average Bonchev–Trinajstić information content (AvgIpc) is 2.39. The minimum Gasteiger partial charge on any atom is -0.374 e. The van der Waals surface area contributed by atoms with Gasteiger partial charge >= 0.3 is 0 Å². The summed E-state index contributed by atoms with van der Waals surface area (Å²) in [7, 11) is 0. The van der Waals surface area contributed by atoms with Crippen LogP contribution in [0.15, 0.2) is 18.2 Å². The Morgan fingerprint density at radius 2 is 2.10 bits per heavy atom. The normalized spacial score (nSPS) is 13.4. The lowest BCUT2D eigenvalue weighted by molar-refractivity contribution is -0.121. The lowest BCUT2D eigenvalue weighted by atomic mass is 9.90. The summed E-state index contributed by atoms with van der Waals surface area (Å²) in [6.45, 7) is 4.98. The Morgan fingerprint density at radius 1 is 1.45 bits per heavy atom. The van der Waals surface area contributed by atoms with E-state index >= 15 is 0 Å². The van der Waals surface area contributed by atoms with Crippen LogP contribution in [0.4, 0.5) is 14.5 Å². The quantitative estimate of drug-likeness (QED) is 0.871. The van der Waals surface area contributed by atoms with E-state index in [0.717, 1.165) is 18.2 Å². The van der Waals surface area contributed by atoms with Gasteiger partial charge in [0.25, 0.3) is 0 Å². The highest BCUT2D eigenvalue weighted by molar-refractivity contribution is 5.81. The van der Waals surface area contributed by atoms with Crippen molar-refractivity contribution < 1.29 is 13.6 Å². The molecule has 0 saturated heterocycles. The molecule has 0 heterocycles. The van der Waals surface area contributed by atoms with Gasteiger partial charge in [0.05, 0.1) is 18.3 Å². The van der Waals surface area contributed by atoms with Gasteiger partial charge < -0.3 is 10.6 Å². The van der Waals surface area contributed by atoms with Gasteiger partial charge in [-0.05, 0) is 31.0 Å². The van der Waals surface area contributed by atoms with Gasteiger partial charge in [0.15, 0.2) is 0 Å². The van der Waals surface area contributed by atoms with Crippen molar-refractivity contribution in [2.75, 3.05) is 11.9 Å². The molecule has 0 aliphatic rings. The topological polar surface area (TPSA) is 64.9 Å². The molecule has 0 radical (unpaired) electrons. The minimum absolute atomic E-state index is 0.0812. The molecule has 0 unspecified atom stereocenters. The molecule has 4 nitrogen and oxygen atoms in total. The van der Waals surface area contributed by atoms with E-state index in [4.69, 9.17) is 5.26 Å². The maximum absolute atomic E-state index is 13.3. The SMILES string of the molecule is CC(C)[C@](C)(C#N)NC(=O)CNc1cc(F)ccc1F. The third-order valence-corrected chi connectivity index (χ3v) is 3.15. The summed E-state index contributed by atoms with van der Waals surface area (Å²) in [4.78, 5) is 11.8. The first-order valence-electron chi connectivity index (χ1n) is 6.19. The first kappa shape index (κ1) is 15.9. The van der Waals surface area contributed by atoms with Crippen molar-refractivity contribution in [3.05, 3.63) is 29.8 Å². The van der Waals surface area contributed by atoms with Crippen LogP contribution in [-0.4, -0.2) is 18.0 Å². The molecule has 1 amide bonds. The highest BCUT2D eigenvalue weighted by Gasteiger charge is 2.29. The van der Waals surface area contributed by atoms with E-state index < -0.39 is 23.1 Å². The van der Waals surface area contributed by atoms with Crippen LogP contribution in [0.2, 0.25) is 0 Å². The van der Waals surface area contributed by atoms with E-state index in [-0.39, 0.29) is 18.2 Å². The number of amides is 1. The van der Waals surface area contributed by atoms with Gasteiger partial charge in [0.2, 0.25) is 5.91 Å². The molecule has 1 atom stereocenters. The summed E-state index contributed by atoms with van der Waals surface area (Å²) < 4.78 is 26.3. The van der Waals surface area contributed by atoms with Crippen molar-refractivity contribution in [1.82, 2.24) is 5.32 Å². The van der Waals surface area contributed by atoms with Crippen molar-refractivity contribution in [3.63, 3.8) is 0 Å². The Bertz CT molecular complexity index is 540. The molecule has 6 heteroatoms. The molecule has 20 heavy (non-hydrogen) atoms. The Labute approximate surface area is 116 Å². The number of benzene rings is 1. The van der Waals surface area contributed by atoms with Crippen LogP contribution in [0.5, 0.6) is 0 Å². The zero-order chi connectivity index (χ0) is 15.3. The Morgan fingerprint density at radius 3 is 2.65 bits per heavy atom. The number of nitrogens with one attached hydrogen (secondary N) is 2. The minimum atomic E-state index is -1.00. The molecule has 0 fully saturated rings. The number of nitriles is 1. The van der Waals surface area contributed by atoms with E-state index in [1.165, 1.54) is 0 Å². The van der Waals surface area contributed by atoms with Crippen molar-refractivity contribution in [2.24, 2.45) is 5.92 Å². The zero-order valence-corrected chi connectivity index (χ0v) is 11.6. The van der Waals surface area contributed by atoms with Crippen LogP contribution in [0, 0.1) is 28.9 Å². The van der Waals surface area contributed by atoms with Gasteiger partial charge in [-0.3, -0.25) is 4.79 Å². The molecule has 0 spiro atoms. The molecule has 0 saturated carbocycles. The fraction of sp³-hybridized carbons (Fsp3) is 0.429. The standard InChI is InChI=1S/C14H17F2N3O/c1-9(2)14(3,8-17)19-13(20)7-18-12-6-10(15)4-5-11(12)16/h4-6,9,18H,7H2,1-3H3,(H,19,20)/t14-/m0/s1. The van der Waals surface area contributed by atoms with Gasteiger partial charge in [0.1, 0.15) is 17.2 Å². The number of halogens is 2. The Hall–Kier alpha value is -2.16. The highest BCUT2D eigenvalue weighted by Crippen LogP contribution is 2.16. The molecule has 1 aromatic carbocycles. The number of hydrogen-bond acceptors (Lipinski definition) is 3. The maximum Gasteiger partial charge on any atom is 0.240 e. The van der Waals surface area contributed by atoms with Gasteiger partial charge in [0, 0.05) is 0 Å². The lowest BCUT2D eigenvalue weighted by Crippen LogP contribution is -2.50. The highest BCUT2D eigenvalue weighted by atomic mass is 19.1. The number of carbonyl (C=O) groups is 1. The van der Waals surface area contributed by atoms with Gasteiger partial charge in [-0.1, -0.05) is 13.8 Å². The largest absolute Gasteiger partial charge is 0.374 e. The zero-order valence-electron chi connectivity index (χ0n) is 11.6. The first-order chi connectivity index (χ1) is 9.28. The fourth-order valence-corrected chi connectivity index (χ4v) is 1.44. The predicted octanol–water partition coefficient (Wildman–Crippen LogP) is 2.43. The smallest absolute Gasteiger partial charge is 0.240 e. The summed E-state index contributed by atoms with van der Waals surface area (Å²) in [5, 5.41) is 14.1. The van der Waals surface area contributed by atoms with Crippen molar-refractivity contribution >= 4 is 11.6 Å². The van der Waals surface area contributed by atoms with E-state index in [1.807, 2.05) is 19.9 Å². The summed E-state index contributed by atoms with van der Waals surface area (Å²) >= 11 is 0. The van der Waals surface area contributed by atoms with E-state index in [9.17, 15) is 13.6 Å². The van der Waals surface area contributed by atoms with Crippen LogP contribution in [0.1, 0.15) is 20.8 Å². The van der Waals surface area contributed by atoms with Crippen LogP contribution in [0.3, 0.4) is 0 Å². The average molecular weight is 281 g/mol. The molecule has 0 aliphatic heterocycles. The third kappa shape index (κ3) is 3.92. The van der Waals surface area contributed by atoms with E-state index in [1.54, 1.807) is 6.92 Å². The van der Waals surface area contributed by atoms with Crippen LogP contribution >= 0.6 is 0 Å². The fourth-order valence-electron chi connectivity index (χ4n) is 1.44. The molecule has 1 rings (SSSR count). The second-order valence-corrected chi connectivity index (χ2v) is 4.99. The predicted molar refractivity (Wildman–Crippen MR) is 71.8 cm³/mol. The monoisotopic (exact) mass is 281 g/mol. The number of anilines is 1. The number of hydrogen-bond donors (Lipinski definition) is 2. The van der Waals surface area contributed by atoms with Crippen molar-refractivity contribution in [3.8, 4) is 6.07 Å². The Kier molecular flexibility index (Phi) is 5.03. The summed E-state index contributed by atoms with van der Waals surface area (Å²) in [5.41, 5.74) is -1.09. The molecule has 0 aromatic heterocycles. The van der Waals surface area contributed by atoms with Crippen LogP contribution in [-0.2, 0) is 4.79 Å². The number of rotatable bonds is 5. The second-order valence-electron chi connectivity index (χ2n) is 4.99. The summed E-state index contributed by atoms with van der Waals surface area (Å²) in [6, 6.07) is 4.97. The third-order valence-electron chi connectivity index (χ3n) is 3.15. The van der Waals surface area contributed by atoms with E-state index in [2.05, 4.69) is 10.6 Å². The van der Waals surface area contributed by atoms with Gasteiger partial charge in [-0.25, -0.2) is 8.78 Å². The van der Waals surface area contributed by atoms with Crippen LogP contribution in [0.25, 0.3) is 0 Å². The molecule has 2 N–H and O–H groups in total. The molecule has 1 aromatic rings. The van der Waals surface area contributed by atoms with E-state index in [0.29, 0.717) is 0 Å². The second kappa shape index (κ2) is 6.33.